The summed E-state index contributed by atoms with van der Waals surface area (Å²) in [4.78, 5) is 14.1. The molecule has 25 heavy (non-hydrogen) atoms. The van der Waals surface area contributed by atoms with Crippen LogP contribution in [-0.2, 0) is 0 Å². The van der Waals surface area contributed by atoms with Crippen LogP contribution in [0.4, 0.5) is 4.79 Å². The van der Waals surface area contributed by atoms with Crippen LogP contribution in [0, 0.1) is 0 Å². The minimum Gasteiger partial charge on any atom is -0.410 e. The molecule has 0 saturated heterocycles. The summed E-state index contributed by atoms with van der Waals surface area (Å²) in [6.07, 6.45) is 4.44. The molecule has 0 saturated carbocycles. The predicted molar refractivity (Wildman–Crippen MR) is 99.6 cm³/mol. The number of benzene rings is 3. The number of para-hydroxylation sites is 1. The topological polar surface area (TPSA) is 29.5 Å². The van der Waals surface area contributed by atoms with Crippen molar-refractivity contribution in [1.82, 2.24) is 4.90 Å². The monoisotopic (exact) mass is 329 g/mol. The van der Waals surface area contributed by atoms with E-state index in [1.54, 1.807) is 17.0 Å². The van der Waals surface area contributed by atoms with Crippen LogP contribution in [0.15, 0.2) is 85.1 Å². The zero-order chi connectivity index (χ0) is 17.1. The van der Waals surface area contributed by atoms with Crippen LogP contribution in [0.5, 0.6) is 5.75 Å². The van der Waals surface area contributed by atoms with E-state index >= 15 is 0 Å². The van der Waals surface area contributed by atoms with Gasteiger partial charge in [0.1, 0.15) is 5.75 Å². The Morgan fingerprint density at radius 2 is 1.68 bits per heavy atom. The first-order chi connectivity index (χ1) is 12.3. The van der Waals surface area contributed by atoms with Gasteiger partial charge < -0.3 is 4.74 Å². The van der Waals surface area contributed by atoms with E-state index in [0.717, 1.165) is 6.42 Å². The lowest BCUT2D eigenvalue weighted by Gasteiger charge is -2.27. The predicted octanol–water partition coefficient (Wildman–Crippen LogP) is 5.34. The lowest BCUT2D eigenvalue weighted by atomic mass is 9.91. The summed E-state index contributed by atoms with van der Waals surface area (Å²) in [7, 11) is 0. The second-order valence-corrected chi connectivity index (χ2v) is 6.26. The molecule has 0 spiro atoms. The van der Waals surface area contributed by atoms with Gasteiger partial charge in [0.15, 0.2) is 0 Å². The van der Waals surface area contributed by atoms with Crippen LogP contribution >= 0.6 is 0 Å². The molecule has 0 bridgehead atoms. The van der Waals surface area contributed by atoms with E-state index in [0.29, 0.717) is 12.3 Å². The third-order valence-corrected chi connectivity index (χ3v) is 4.55. The highest BCUT2D eigenvalue weighted by molar-refractivity contribution is 5.83. The molecule has 124 valence electrons. The highest BCUT2D eigenvalue weighted by Crippen LogP contribution is 2.28. The minimum atomic E-state index is -0.340. The average Bonchev–Trinajstić information content (AvgIpc) is 2.68. The normalized spacial score (nSPS) is 16.8. The van der Waals surface area contributed by atoms with Crippen molar-refractivity contribution in [1.29, 1.82) is 0 Å². The molecule has 3 nitrogen and oxygen atoms in total. The number of amides is 1. The Bertz CT molecular complexity index is 917. The fourth-order valence-electron chi connectivity index (χ4n) is 3.21. The molecule has 4 rings (SSSR count). The number of hydrogen-bond donors (Lipinski definition) is 0. The summed E-state index contributed by atoms with van der Waals surface area (Å²) in [5, 5.41) is 2.46. The Morgan fingerprint density at radius 3 is 2.52 bits per heavy atom. The van der Waals surface area contributed by atoms with E-state index in [1.807, 2.05) is 36.5 Å². The van der Waals surface area contributed by atoms with Crippen molar-refractivity contribution in [2.45, 2.75) is 12.3 Å². The highest BCUT2D eigenvalue weighted by atomic mass is 16.6. The Balaban J connectivity index is 1.51. The maximum Gasteiger partial charge on any atom is 0.419 e. The summed E-state index contributed by atoms with van der Waals surface area (Å²) in [5.41, 5.74) is 1.25. The third-order valence-electron chi connectivity index (χ3n) is 4.55. The van der Waals surface area contributed by atoms with Crippen molar-refractivity contribution in [2.75, 3.05) is 6.54 Å². The Labute approximate surface area is 147 Å². The van der Waals surface area contributed by atoms with E-state index in [2.05, 4.69) is 36.4 Å². The van der Waals surface area contributed by atoms with Crippen molar-refractivity contribution in [2.24, 2.45) is 0 Å². The molecule has 1 amide bonds. The molecule has 0 radical (unpaired) electrons. The van der Waals surface area contributed by atoms with Crippen molar-refractivity contribution < 1.29 is 9.53 Å². The Kier molecular flexibility index (Phi) is 4.21. The molecule has 0 aliphatic carbocycles. The van der Waals surface area contributed by atoms with Gasteiger partial charge in [-0.2, -0.15) is 0 Å². The van der Waals surface area contributed by atoms with Crippen molar-refractivity contribution in [3.63, 3.8) is 0 Å². The van der Waals surface area contributed by atoms with Crippen LogP contribution in [-0.4, -0.2) is 17.5 Å². The molecule has 1 atom stereocenters. The molecule has 1 heterocycles. The zero-order valence-corrected chi connectivity index (χ0v) is 13.8. The smallest absolute Gasteiger partial charge is 0.410 e. The molecule has 0 N–H and O–H groups in total. The first kappa shape index (κ1) is 15.5. The fraction of sp³-hybridized carbons (Fsp3) is 0.136. The number of hydrogen-bond acceptors (Lipinski definition) is 2. The highest BCUT2D eigenvalue weighted by Gasteiger charge is 2.23. The minimum absolute atomic E-state index is 0.276. The van der Waals surface area contributed by atoms with Crippen LogP contribution in [0.2, 0.25) is 0 Å². The molecule has 1 aliphatic heterocycles. The van der Waals surface area contributed by atoms with Gasteiger partial charge in [0, 0.05) is 18.7 Å². The summed E-state index contributed by atoms with van der Waals surface area (Å²) in [6.45, 7) is 0.626. The van der Waals surface area contributed by atoms with Crippen molar-refractivity contribution in [3.05, 3.63) is 90.6 Å². The van der Waals surface area contributed by atoms with Crippen molar-refractivity contribution >= 4 is 16.9 Å². The standard InChI is InChI=1S/C22H19NO2/c24-22(25-21-10-2-1-3-11-21)23-14-6-9-20(16-23)19-13-12-17-7-4-5-8-18(17)15-19/h1-8,10-15,20H,9,16H2/t20-/m1/s1. The van der Waals surface area contributed by atoms with Gasteiger partial charge in [0.05, 0.1) is 0 Å². The lowest BCUT2D eigenvalue weighted by Crippen LogP contribution is -2.34. The quantitative estimate of drug-likeness (QED) is 0.635. The SMILES string of the molecule is O=C(Oc1ccccc1)N1C=CC[C@@H](c2ccc3ccccc3c2)C1. The second-order valence-electron chi connectivity index (χ2n) is 6.26. The Hall–Kier alpha value is -3.07. The molecule has 0 aromatic heterocycles. The van der Waals surface area contributed by atoms with Gasteiger partial charge in [-0.05, 0) is 34.9 Å². The van der Waals surface area contributed by atoms with Gasteiger partial charge in [-0.25, -0.2) is 4.79 Å². The fourth-order valence-corrected chi connectivity index (χ4v) is 3.21. The molecular weight excluding hydrogens is 310 g/mol. The molecule has 0 unspecified atom stereocenters. The van der Waals surface area contributed by atoms with Gasteiger partial charge in [-0.1, -0.05) is 66.7 Å². The molecule has 3 aromatic carbocycles. The first-order valence-corrected chi connectivity index (χ1v) is 8.48. The van der Waals surface area contributed by atoms with E-state index in [1.165, 1.54) is 16.3 Å². The largest absolute Gasteiger partial charge is 0.419 e. The van der Waals surface area contributed by atoms with E-state index in [4.69, 9.17) is 4.74 Å². The summed E-state index contributed by atoms with van der Waals surface area (Å²) < 4.78 is 5.44. The summed E-state index contributed by atoms with van der Waals surface area (Å²) >= 11 is 0. The molecule has 1 aliphatic rings. The van der Waals surface area contributed by atoms with Crippen LogP contribution in [0.1, 0.15) is 17.9 Å². The number of carbonyl (C=O) groups is 1. The maximum atomic E-state index is 12.4. The Morgan fingerprint density at radius 1 is 0.920 bits per heavy atom. The zero-order valence-electron chi connectivity index (χ0n) is 13.8. The van der Waals surface area contributed by atoms with Gasteiger partial charge in [-0.15, -0.1) is 0 Å². The number of carbonyl (C=O) groups excluding carboxylic acids is 1. The van der Waals surface area contributed by atoms with Crippen molar-refractivity contribution in [3.8, 4) is 5.75 Å². The van der Waals surface area contributed by atoms with E-state index < -0.39 is 0 Å². The van der Waals surface area contributed by atoms with Crippen LogP contribution in [0.3, 0.4) is 0 Å². The summed E-state index contributed by atoms with van der Waals surface area (Å²) in [5.74, 6) is 0.839. The maximum absolute atomic E-state index is 12.4. The summed E-state index contributed by atoms with van der Waals surface area (Å²) in [6, 6.07) is 24.0. The molecular formula is C22H19NO2. The average molecular weight is 329 g/mol. The lowest BCUT2D eigenvalue weighted by molar-refractivity contribution is 0.165. The van der Waals surface area contributed by atoms with E-state index in [-0.39, 0.29) is 12.0 Å². The third kappa shape index (κ3) is 3.41. The van der Waals surface area contributed by atoms with Gasteiger partial charge in [0.2, 0.25) is 0 Å². The first-order valence-electron chi connectivity index (χ1n) is 8.48. The number of fused-ring (bicyclic) bond motifs is 1. The number of ether oxygens (including phenoxy) is 1. The molecule has 3 heteroatoms. The molecule has 0 fully saturated rings. The van der Waals surface area contributed by atoms with Gasteiger partial charge in [0.25, 0.3) is 0 Å². The van der Waals surface area contributed by atoms with Gasteiger partial charge >= 0.3 is 6.09 Å². The molecule has 3 aromatic rings. The number of rotatable bonds is 2. The number of nitrogens with zero attached hydrogens (tertiary/aromatic N) is 1. The number of allylic oxidation sites excluding steroid dienone is 1. The van der Waals surface area contributed by atoms with Gasteiger partial charge in [-0.3, -0.25) is 4.90 Å². The van der Waals surface area contributed by atoms with Crippen LogP contribution in [0.25, 0.3) is 10.8 Å². The second kappa shape index (κ2) is 6.81. The van der Waals surface area contributed by atoms with E-state index in [9.17, 15) is 4.79 Å². The van der Waals surface area contributed by atoms with Crippen LogP contribution < -0.4 is 4.74 Å².